The van der Waals surface area contributed by atoms with Gasteiger partial charge in [-0.05, 0) is 60.3 Å². The number of para-hydroxylation sites is 1. The van der Waals surface area contributed by atoms with Crippen molar-refractivity contribution in [3.8, 4) is 5.75 Å². The van der Waals surface area contributed by atoms with Gasteiger partial charge in [0.15, 0.2) is 0 Å². The summed E-state index contributed by atoms with van der Waals surface area (Å²) in [6.45, 7) is 3.16. The van der Waals surface area contributed by atoms with Crippen LogP contribution in [-0.2, 0) is 0 Å². The van der Waals surface area contributed by atoms with Crippen molar-refractivity contribution in [3.63, 3.8) is 0 Å². The van der Waals surface area contributed by atoms with Crippen LogP contribution in [0.3, 0.4) is 0 Å². The minimum Gasteiger partial charge on any atom is -0.491 e. The molecule has 1 N–H and O–H groups in total. The molecule has 4 heteroatoms. The molecule has 0 saturated carbocycles. The molecule has 1 saturated heterocycles. The van der Waals surface area contributed by atoms with Gasteiger partial charge in [0, 0.05) is 19.2 Å². The minimum atomic E-state index is 0.303. The summed E-state index contributed by atoms with van der Waals surface area (Å²) in [5.41, 5.74) is 0. The van der Waals surface area contributed by atoms with Gasteiger partial charge in [0.1, 0.15) is 12.4 Å². The summed E-state index contributed by atoms with van der Waals surface area (Å²) >= 11 is 3.49. The Bertz CT molecular complexity index is 386. The predicted octanol–water partition coefficient (Wildman–Crippen LogP) is 3.06. The number of aliphatic hydroxyl groups is 1. The molecule has 0 aromatic heterocycles. The lowest BCUT2D eigenvalue weighted by Crippen LogP contribution is -2.33. The van der Waals surface area contributed by atoms with E-state index in [1.807, 2.05) is 24.3 Å². The number of likely N-dealkylation sites (tertiary alicyclic amines) is 1. The monoisotopic (exact) mass is 327 g/mol. The smallest absolute Gasteiger partial charge is 0.133 e. The van der Waals surface area contributed by atoms with Crippen molar-refractivity contribution in [2.75, 3.05) is 26.3 Å². The van der Waals surface area contributed by atoms with Crippen LogP contribution in [0.15, 0.2) is 28.7 Å². The molecule has 3 nitrogen and oxygen atoms in total. The first-order chi connectivity index (χ1) is 9.31. The van der Waals surface area contributed by atoms with Gasteiger partial charge in [-0.3, -0.25) is 4.90 Å². The average molecular weight is 328 g/mol. The van der Waals surface area contributed by atoms with Crippen molar-refractivity contribution in [1.82, 2.24) is 4.90 Å². The number of aliphatic hydroxyl groups excluding tert-OH is 1. The normalized spacial score (nSPS) is 19.8. The summed E-state index contributed by atoms with van der Waals surface area (Å²) in [5, 5.41) is 8.92. The third kappa shape index (κ3) is 4.48. The molecule has 1 aromatic carbocycles. The zero-order chi connectivity index (χ0) is 13.5. The van der Waals surface area contributed by atoms with E-state index in [2.05, 4.69) is 20.8 Å². The SMILES string of the molecule is OCCCC1CCCN1CCOc1ccccc1Br. The Kier molecular flexibility index (Phi) is 6.14. The summed E-state index contributed by atoms with van der Waals surface area (Å²) in [6, 6.07) is 8.59. The molecule has 1 heterocycles. The van der Waals surface area contributed by atoms with Crippen molar-refractivity contribution < 1.29 is 9.84 Å². The largest absolute Gasteiger partial charge is 0.491 e. The molecular formula is C15H22BrNO2. The van der Waals surface area contributed by atoms with E-state index in [9.17, 15) is 0 Å². The Balaban J connectivity index is 1.74. The van der Waals surface area contributed by atoms with E-state index in [4.69, 9.17) is 9.84 Å². The fourth-order valence-corrected chi connectivity index (χ4v) is 3.08. The first kappa shape index (κ1) is 14.8. The molecule has 2 rings (SSSR count). The van der Waals surface area contributed by atoms with Crippen LogP contribution in [0.4, 0.5) is 0 Å². The minimum absolute atomic E-state index is 0.303. The molecule has 1 unspecified atom stereocenters. The molecule has 0 spiro atoms. The molecule has 106 valence electrons. The van der Waals surface area contributed by atoms with E-state index in [0.717, 1.165) is 42.8 Å². The first-order valence-corrected chi connectivity index (χ1v) is 7.83. The van der Waals surface area contributed by atoms with Crippen molar-refractivity contribution in [1.29, 1.82) is 0 Å². The van der Waals surface area contributed by atoms with Gasteiger partial charge in [-0.1, -0.05) is 12.1 Å². The Morgan fingerprint density at radius 3 is 3.00 bits per heavy atom. The number of benzene rings is 1. The van der Waals surface area contributed by atoms with Crippen LogP contribution < -0.4 is 4.74 Å². The topological polar surface area (TPSA) is 32.7 Å². The Hall–Kier alpha value is -0.580. The molecule has 1 aliphatic heterocycles. The van der Waals surface area contributed by atoms with Crippen molar-refractivity contribution in [2.24, 2.45) is 0 Å². The molecule has 1 aromatic rings. The van der Waals surface area contributed by atoms with E-state index in [0.29, 0.717) is 12.6 Å². The molecule has 1 atom stereocenters. The molecule has 0 bridgehead atoms. The van der Waals surface area contributed by atoms with Gasteiger partial charge in [-0.2, -0.15) is 0 Å². The number of ether oxygens (including phenoxy) is 1. The van der Waals surface area contributed by atoms with Crippen LogP contribution in [0, 0.1) is 0 Å². The second-order valence-electron chi connectivity index (χ2n) is 4.98. The number of hydrogen-bond donors (Lipinski definition) is 1. The van der Waals surface area contributed by atoms with Crippen molar-refractivity contribution in [3.05, 3.63) is 28.7 Å². The lowest BCUT2D eigenvalue weighted by molar-refractivity contribution is 0.180. The van der Waals surface area contributed by atoms with Crippen molar-refractivity contribution in [2.45, 2.75) is 31.7 Å². The standard InChI is InChI=1S/C15H22BrNO2/c16-14-7-1-2-8-15(14)19-12-10-17-9-3-5-13(17)6-4-11-18/h1-2,7-8,13,18H,3-6,9-12H2. The highest BCUT2D eigenvalue weighted by Crippen LogP contribution is 2.24. The lowest BCUT2D eigenvalue weighted by atomic mass is 10.1. The molecule has 0 amide bonds. The summed E-state index contributed by atoms with van der Waals surface area (Å²) in [7, 11) is 0. The van der Waals surface area contributed by atoms with Crippen LogP contribution in [0.5, 0.6) is 5.75 Å². The number of halogens is 1. The Morgan fingerprint density at radius 1 is 1.37 bits per heavy atom. The molecule has 0 aliphatic carbocycles. The molecule has 1 aliphatic rings. The summed E-state index contributed by atoms with van der Waals surface area (Å²) in [4.78, 5) is 2.49. The van der Waals surface area contributed by atoms with E-state index in [-0.39, 0.29) is 0 Å². The number of hydrogen-bond acceptors (Lipinski definition) is 3. The fraction of sp³-hybridized carbons (Fsp3) is 0.600. The summed E-state index contributed by atoms with van der Waals surface area (Å²) in [5.74, 6) is 0.911. The van der Waals surface area contributed by atoms with E-state index >= 15 is 0 Å². The van der Waals surface area contributed by atoms with Crippen LogP contribution in [0.1, 0.15) is 25.7 Å². The quantitative estimate of drug-likeness (QED) is 0.835. The second kappa shape index (κ2) is 7.88. The van der Waals surface area contributed by atoms with Crippen LogP contribution in [0.25, 0.3) is 0 Å². The fourth-order valence-electron chi connectivity index (χ4n) is 2.68. The lowest BCUT2D eigenvalue weighted by Gasteiger charge is -2.24. The number of rotatable bonds is 7. The molecule has 1 fully saturated rings. The Morgan fingerprint density at radius 2 is 2.21 bits per heavy atom. The molecule has 19 heavy (non-hydrogen) atoms. The van der Waals surface area contributed by atoms with Gasteiger partial charge in [-0.25, -0.2) is 0 Å². The van der Waals surface area contributed by atoms with Gasteiger partial charge in [0.2, 0.25) is 0 Å². The highest BCUT2D eigenvalue weighted by molar-refractivity contribution is 9.10. The maximum atomic E-state index is 8.92. The zero-order valence-corrected chi connectivity index (χ0v) is 12.8. The van der Waals surface area contributed by atoms with E-state index in [1.54, 1.807) is 0 Å². The van der Waals surface area contributed by atoms with Crippen molar-refractivity contribution >= 4 is 15.9 Å². The van der Waals surface area contributed by atoms with E-state index < -0.39 is 0 Å². The van der Waals surface area contributed by atoms with Gasteiger partial charge in [0.25, 0.3) is 0 Å². The second-order valence-corrected chi connectivity index (χ2v) is 5.83. The van der Waals surface area contributed by atoms with Crippen LogP contribution >= 0.6 is 15.9 Å². The highest BCUT2D eigenvalue weighted by atomic mass is 79.9. The van der Waals surface area contributed by atoms with Crippen LogP contribution in [-0.4, -0.2) is 42.4 Å². The molecule has 0 radical (unpaired) electrons. The summed E-state index contributed by atoms with van der Waals surface area (Å²) < 4.78 is 6.82. The van der Waals surface area contributed by atoms with Gasteiger partial charge < -0.3 is 9.84 Å². The third-order valence-corrected chi connectivity index (χ3v) is 4.32. The molecular weight excluding hydrogens is 306 g/mol. The van der Waals surface area contributed by atoms with Gasteiger partial charge >= 0.3 is 0 Å². The third-order valence-electron chi connectivity index (χ3n) is 3.67. The van der Waals surface area contributed by atoms with E-state index in [1.165, 1.54) is 12.8 Å². The van der Waals surface area contributed by atoms with Gasteiger partial charge in [-0.15, -0.1) is 0 Å². The number of nitrogens with zero attached hydrogens (tertiary/aromatic N) is 1. The zero-order valence-electron chi connectivity index (χ0n) is 11.2. The Labute approximate surface area is 123 Å². The van der Waals surface area contributed by atoms with Crippen LogP contribution in [0.2, 0.25) is 0 Å². The summed E-state index contributed by atoms with van der Waals surface area (Å²) in [6.07, 6.45) is 4.54. The maximum absolute atomic E-state index is 8.92. The van der Waals surface area contributed by atoms with Gasteiger partial charge in [0.05, 0.1) is 4.47 Å². The predicted molar refractivity (Wildman–Crippen MR) is 80.6 cm³/mol. The average Bonchev–Trinajstić information content (AvgIpc) is 2.86. The first-order valence-electron chi connectivity index (χ1n) is 7.03. The maximum Gasteiger partial charge on any atom is 0.133 e. The highest BCUT2D eigenvalue weighted by Gasteiger charge is 2.23.